The number of hydrogen-bond donors (Lipinski definition) is 2. The molecule has 0 radical (unpaired) electrons. The smallest absolute Gasteiger partial charge is 0.285 e. The number of hydrogen-bond acceptors (Lipinski definition) is 4. The minimum atomic E-state index is -3.65. The van der Waals surface area contributed by atoms with Crippen molar-refractivity contribution >= 4 is 27.5 Å². The summed E-state index contributed by atoms with van der Waals surface area (Å²) in [6.45, 7) is 3.93. The van der Waals surface area contributed by atoms with Gasteiger partial charge in [-0.15, -0.1) is 11.0 Å². The quantitative estimate of drug-likeness (QED) is 0.834. The Kier molecular flexibility index (Phi) is 4.18. The molecule has 0 unspecified atom stereocenters. The Morgan fingerprint density at radius 1 is 1.12 bits per heavy atom. The molecule has 0 aliphatic carbocycles. The molecule has 0 saturated carbocycles. The molecule has 1 amide bonds. The van der Waals surface area contributed by atoms with Gasteiger partial charge in [-0.3, -0.25) is 4.79 Å². The van der Waals surface area contributed by atoms with Crippen LogP contribution in [0.1, 0.15) is 15.9 Å². The van der Waals surface area contributed by atoms with E-state index in [-0.39, 0.29) is 16.6 Å². The molecule has 0 atom stereocenters. The maximum Gasteiger partial charge on any atom is 0.285 e. The van der Waals surface area contributed by atoms with E-state index < -0.39 is 10.0 Å². The van der Waals surface area contributed by atoms with Crippen LogP contribution in [0.15, 0.2) is 70.5 Å². The molecule has 0 spiro atoms. The number of nitrogens with one attached hydrogen (secondary N) is 2. The molecule has 122 valence electrons. The van der Waals surface area contributed by atoms with Crippen LogP contribution in [0.3, 0.4) is 0 Å². The minimum absolute atomic E-state index is 0.188. The highest BCUT2D eigenvalue weighted by atomic mass is 32.2. The first kappa shape index (κ1) is 15.9. The number of nitrogens with zero attached hydrogens (tertiary/aromatic N) is 1. The first-order valence-corrected chi connectivity index (χ1v) is 8.66. The number of carbonyl (C=O) groups is 1. The van der Waals surface area contributed by atoms with E-state index in [1.54, 1.807) is 48.5 Å². The lowest BCUT2D eigenvalue weighted by Gasteiger charge is -2.07. The third-order valence-corrected chi connectivity index (χ3v) is 4.78. The maximum absolute atomic E-state index is 12.0. The SMILES string of the molecule is C=CCNC(=O)c1ccc(NC2=NS(=O)(=O)c3ccccc32)cc1. The lowest BCUT2D eigenvalue weighted by atomic mass is 10.1. The second-order valence-corrected chi connectivity index (χ2v) is 6.68. The number of amides is 1. The molecule has 2 aromatic carbocycles. The summed E-state index contributed by atoms with van der Waals surface area (Å²) in [6, 6.07) is 13.3. The fourth-order valence-electron chi connectivity index (χ4n) is 2.30. The van der Waals surface area contributed by atoms with Crippen LogP contribution < -0.4 is 10.6 Å². The molecule has 24 heavy (non-hydrogen) atoms. The highest BCUT2D eigenvalue weighted by molar-refractivity contribution is 7.90. The molecule has 2 N–H and O–H groups in total. The molecule has 2 aromatic rings. The number of sulfonamides is 1. The average Bonchev–Trinajstić information content (AvgIpc) is 2.84. The molecule has 0 aromatic heterocycles. The summed E-state index contributed by atoms with van der Waals surface area (Å²) in [5, 5.41) is 5.67. The Bertz CT molecular complexity index is 932. The lowest BCUT2D eigenvalue weighted by Crippen LogP contribution is -2.23. The van der Waals surface area contributed by atoms with Gasteiger partial charge in [0.1, 0.15) is 4.90 Å². The summed E-state index contributed by atoms with van der Waals surface area (Å²) in [5.74, 6) is 0.0713. The van der Waals surface area contributed by atoms with Crippen molar-refractivity contribution < 1.29 is 13.2 Å². The normalized spacial score (nSPS) is 14.4. The minimum Gasteiger partial charge on any atom is -0.349 e. The second kappa shape index (κ2) is 6.29. The average molecular weight is 341 g/mol. The fraction of sp³-hybridized carbons (Fsp3) is 0.0588. The van der Waals surface area contributed by atoms with Crippen LogP contribution in [0.4, 0.5) is 5.69 Å². The Morgan fingerprint density at radius 2 is 1.83 bits per heavy atom. The number of rotatable bonds is 4. The Labute approximate surface area is 140 Å². The van der Waals surface area contributed by atoms with Gasteiger partial charge in [0.25, 0.3) is 15.9 Å². The molecule has 1 aliphatic heterocycles. The first-order chi connectivity index (χ1) is 11.5. The van der Waals surface area contributed by atoms with Gasteiger partial charge in [0, 0.05) is 23.4 Å². The van der Waals surface area contributed by atoms with E-state index in [2.05, 4.69) is 21.6 Å². The van der Waals surface area contributed by atoms with E-state index in [1.165, 1.54) is 6.07 Å². The van der Waals surface area contributed by atoms with Gasteiger partial charge in [-0.05, 0) is 36.4 Å². The van der Waals surface area contributed by atoms with E-state index in [0.29, 0.717) is 23.4 Å². The van der Waals surface area contributed by atoms with Gasteiger partial charge in [0.2, 0.25) is 0 Å². The van der Waals surface area contributed by atoms with Crippen molar-refractivity contribution in [2.24, 2.45) is 4.40 Å². The summed E-state index contributed by atoms with van der Waals surface area (Å²) >= 11 is 0. The second-order valence-electron chi connectivity index (χ2n) is 5.11. The zero-order chi connectivity index (χ0) is 17.2. The molecule has 0 fully saturated rings. The van der Waals surface area contributed by atoms with Gasteiger partial charge in [-0.1, -0.05) is 18.2 Å². The van der Waals surface area contributed by atoms with Gasteiger partial charge in [0.15, 0.2) is 5.84 Å². The van der Waals surface area contributed by atoms with Crippen molar-refractivity contribution in [1.82, 2.24) is 5.32 Å². The molecule has 1 heterocycles. The van der Waals surface area contributed by atoms with Crippen LogP contribution in [-0.2, 0) is 10.0 Å². The molecule has 7 heteroatoms. The van der Waals surface area contributed by atoms with E-state index in [9.17, 15) is 13.2 Å². The zero-order valence-electron chi connectivity index (χ0n) is 12.7. The predicted octanol–water partition coefficient (Wildman–Crippen LogP) is 2.16. The van der Waals surface area contributed by atoms with Crippen molar-refractivity contribution in [2.75, 3.05) is 11.9 Å². The van der Waals surface area contributed by atoms with Crippen LogP contribution in [0.2, 0.25) is 0 Å². The fourth-order valence-corrected chi connectivity index (χ4v) is 3.48. The van der Waals surface area contributed by atoms with Crippen molar-refractivity contribution in [3.05, 3.63) is 72.3 Å². The molecule has 3 rings (SSSR count). The van der Waals surface area contributed by atoms with Gasteiger partial charge in [-0.2, -0.15) is 8.42 Å². The summed E-state index contributed by atoms with van der Waals surface area (Å²) in [4.78, 5) is 12.0. The topological polar surface area (TPSA) is 87.6 Å². The molecular weight excluding hydrogens is 326 g/mol. The van der Waals surface area contributed by atoms with Crippen LogP contribution in [-0.4, -0.2) is 26.7 Å². The molecule has 6 nitrogen and oxygen atoms in total. The number of fused-ring (bicyclic) bond motifs is 1. The van der Waals surface area contributed by atoms with Crippen molar-refractivity contribution in [3.63, 3.8) is 0 Å². The van der Waals surface area contributed by atoms with Crippen LogP contribution >= 0.6 is 0 Å². The Balaban J connectivity index is 1.80. The van der Waals surface area contributed by atoms with Gasteiger partial charge in [0.05, 0.1) is 0 Å². The monoisotopic (exact) mass is 341 g/mol. The number of benzene rings is 2. The maximum atomic E-state index is 12.0. The van der Waals surface area contributed by atoms with E-state index in [0.717, 1.165) is 0 Å². The standard InChI is InChI=1S/C17H15N3O3S/c1-2-11-18-17(21)12-7-9-13(10-8-12)19-16-14-5-3-4-6-15(14)24(22,23)20-16/h2-10H,1,11H2,(H,18,21)(H,19,20). The molecule has 1 aliphatic rings. The Hall–Kier alpha value is -2.93. The molecule has 0 saturated heterocycles. The highest BCUT2D eigenvalue weighted by Crippen LogP contribution is 2.26. The predicted molar refractivity (Wildman–Crippen MR) is 92.8 cm³/mol. The highest BCUT2D eigenvalue weighted by Gasteiger charge is 2.28. The molecule has 0 bridgehead atoms. The third-order valence-electron chi connectivity index (χ3n) is 3.45. The van der Waals surface area contributed by atoms with Gasteiger partial charge < -0.3 is 10.6 Å². The Morgan fingerprint density at radius 3 is 2.54 bits per heavy atom. The third kappa shape index (κ3) is 3.07. The lowest BCUT2D eigenvalue weighted by molar-refractivity contribution is 0.0958. The van der Waals surface area contributed by atoms with Crippen LogP contribution in [0.25, 0.3) is 0 Å². The van der Waals surface area contributed by atoms with E-state index in [4.69, 9.17) is 0 Å². The first-order valence-electron chi connectivity index (χ1n) is 7.22. The number of carbonyl (C=O) groups excluding carboxylic acids is 1. The van der Waals surface area contributed by atoms with Crippen molar-refractivity contribution in [2.45, 2.75) is 4.90 Å². The molecular formula is C17H15N3O3S. The largest absolute Gasteiger partial charge is 0.349 e. The van der Waals surface area contributed by atoms with E-state index >= 15 is 0 Å². The van der Waals surface area contributed by atoms with E-state index in [1.807, 2.05) is 0 Å². The summed E-state index contributed by atoms with van der Waals surface area (Å²) in [5.41, 5.74) is 1.68. The number of amidine groups is 1. The van der Waals surface area contributed by atoms with Gasteiger partial charge in [-0.25, -0.2) is 0 Å². The zero-order valence-corrected chi connectivity index (χ0v) is 13.5. The van der Waals surface area contributed by atoms with Crippen LogP contribution in [0, 0.1) is 0 Å². The summed E-state index contributed by atoms with van der Waals surface area (Å²) in [7, 11) is -3.65. The number of anilines is 1. The van der Waals surface area contributed by atoms with Crippen LogP contribution in [0.5, 0.6) is 0 Å². The van der Waals surface area contributed by atoms with Gasteiger partial charge >= 0.3 is 0 Å². The summed E-state index contributed by atoms with van der Waals surface area (Å²) < 4.78 is 27.8. The van der Waals surface area contributed by atoms with Crippen molar-refractivity contribution in [1.29, 1.82) is 0 Å². The van der Waals surface area contributed by atoms with Crippen molar-refractivity contribution in [3.8, 4) is 0 Å². The summed E-state index contributed by atoms with van der Waals surface area (Å²) in [6.07, 6.45) is 1.60.